The second-order valence-electron chi connectivity index (χ2n) is 5.74. The maximum atomic E-state index is 5.41. The highest BCUT2D eigenvalue weighted by Crippen LogP contribution is 2.40. The van der Waals surface area contributed by atoms with Crippen molar-refractivity contribution in [1.29, 1.82) is 0 Å². The Morgan fingerprint density at radius 3 is 2.37 bits per heavy atom. The third-order valence-electron chi connectivity index (χ3n) is 3.94. The second kappa shape index (κ2) is 8.05. The van der Waals surface area contributed by atoms with Crippen LogP contribution in [0, 0.1) is 11.7 Å². The molecule has 7 nitrogen and oxygen atoms in total. The molecule has 0 spiro atoms. The summed E-state index contributed by atoms with van der Waals surface area (Å²) in [6, 6.07) is 11.6. The van der Waals surface area contributed by atoms with E-state index >= 15 is 0 Å². The molecule has 0 aliphatic rings. The lowest BCUT2D eigenvalue weighted by molar-refractivity contribution is 0.324. The van der Waals surface area contributed by atoms with Crippen LogP contribution in [0.15, 0.2) is 41.5 Å². The third kappa shape index (κ3) is 3.85. The number of nitrogens with zero attached hydrogens (tertiary/aromatic N) is 3. The topological polar surface area (TPSA) is 73.7 Å². The smallest absolute Gasteiger partial charge is 0.216 e. The minimum absolute atomic E-state index is 0.377. The highest BCUT2D eigenvalue weighted by molar-refractivity contribution is 7.71. The molecule has 0 saturated heterocycles. The van der Waals surface area contributed by atoms with Crippen molar-refractivity contribution in [3.8, 4) is 28.6 Å². The quantitative estimate of drug-likeness (QED) is 0.517. The lowest BCUT2D eigenvalue weighted by Crippen LogP contribution is -1.99. The molecule has 0 radical (unpaired) electrons. The summed E-state index contributed by atoms with van der Waals surface area (Å²) >= 11 is 5.33. The number of aromatic amines is 1. The van der Waals surface area contributed by atoms with Gasteiger partial charge in [-0.25, -0.2) is 5.10 Å². The number of aryl methyl sites for hydroxylation is 1. The van der Waals surface area contributed by atoms with Gasteiger partial charge in [-0.05, 0) is 36.8 Å². The average molecular weight is 384 g/mol. The van der Waals surface area contributed by atoms with Gasteiger partial charge in [0.05, 0.1) is 27.5 Å². The molecular weight excluding hydrogens is 364 g/mol. The van der Waals surface area contributed by atoms with Crippen molar-refractivity contribution < 1.29 is 14.2 Å². The summed E-state index contributed by atoms with van der Waals surface area (Å²) in [4.78, 5) is 0. The molecule has 27 heavy (non-hydrogen) atoms. The fourth-order valence-corrected chi connectivity index (χ4v) is 2.85. The largest absolute Gasteiger partial charge is 0.493 e. The summed E-state index contributed by atoms with van der Waals surface area (Å²) in [5, 5.41) is 11.6. The van der Waals surface area contributed by atoms with Crippen LogP contribution in [0.3, 0.4) is 0 Å². The molecule has 0 aliphatic carbocycles. The highest BCUT2D eigenvalue weighted by Gasteiger charge is 2.17. The number of hydrogen-bond donors (Lipinski definition) is 1. The number of nitrogens with one attached hydrogen (secondary N) is 1. The molecule has 0 amide bonds. The van der Waals surface area contributed by atoms with Crippen LogP contribution in [0.25, 0.3) is 11.4 Å². The van der Waals surface area contributed by atoms with Crippen molar-refractivity contribution in [2.24, 2.45) is 5.10 Å². The maximum absolute atomic E-state index is 5.41. The molecule has 2 aromatic carbocycles. The number of rotatable bonds is 6. The van der Waals surface area contributed by atoms with Crippen LogP contribution in [0.4, 0.5) is 0 Å². The van der Waals surface area contributed by atoms with Crippen molar-refractivity contribution in [3.63, 3.8) is 0 Å². The van der Waals surface area contributed by atoms with E-state index in [1.165, 1.54) is 0 Å². The van der Waals surface area contributed by atoms with Gasteiger partial charge in [-0.1, -0.05) is 29.8 Å². The van der Waals surface area contributed by atoms with Gasteiger partial charge in [0.1, 0.15) is 0 Å². The van der Waals surface area contributed by atoms with Crippen LogP contribution in [-0.4, -0.2) is 42.4 Å². The zero-order valence-electron chi connectivity index (χ0n) is 15.5. The van der Waals surface area contributed by atoms with E-state index in [0.29, 0.717) is 27.8 Å². The van der Waals surface area contributed by atoms with Crippen LogP contribution < -0.4 is 14.2 Å². The van der Waals surface area contributed by atoms with Gasteiger partial charge in [-0.2, -0.15) is 14.9 Å². The molecule has 0 aliphatic heterocycles. The molecule has 3 rings (SSSR count). The lowest BCUT2D eigenvalue weighted by Gasteiger charge is -2.13. The SMILES string of the molecule is COc1cc(-c2n[nH]c(=S)n2/N=C\c2cccc(C)c2)cc(OC)c1OC. The molecule has 140 valence electrons. The lowest BCUT2D eigenvalue weighted by atomic mass is 10.1. The molecule has 1 N–H and O–H groups in total. The minimum atomic E-state index is 0.377. The van der Waals surface area contributed by atoms with E-state index in [1.54, 1.807) is 44.4 Å². The van der Waals surface area contributed by atoms with E-state index in [-0.39, 0.29) is 0 Å². The molecule has 1 heterocycles. The van der Waals surface area contributed by atoms with E-state index < -0.39 is 0 Å². The number of benzene rings is 2. The average Bonchev–Trinajstić information content (AvgIpc) is 3.05. The predicted molar refractivity (Wildman–Crippen MR) is 107 cm³/mol. The molecule has 0 atom stereocenters. The summed E-state index contributed by atoms with van der Waals surface area (Å²) in [5.41, 5.74) is 2.84. The van der Waals surface area contributed by atoms with Gasteiger partial charge in [0.2, 0.25) is 10.5 Å². The molecule has 8 heteroatoms. The van der Waals surface area contributed by atoms with Gasteiger partial charge in [0.25, 0.3) is 0 Å². The van der Waals surface area contributed by atoms with Crippen LogP contribution in [0.1, 0.15) is 11.1 Å². The molecule has 0 fully saturated rings. The van der Waals surface area contributed by atoms with Crippen molar-refractivity contribution in [1.82, 2.24) is 14.9 Å². The van der Waals surface area contributed by atoms with Crippen molar-refractivity contribution >= 4 is 18.4 Å². The first-order chi connectivity index (χ1) is 13.1. The van der Waals surface area contributed by atoms with Crippen molar-refractivity contribution in [2.75, 3.05) is 21.3 Å². The van der Waals surface area contributed by atoms with E-state index in [2.05, 4.69) is 15.3 Å². The Labute approximate surface area is 162 Å². The summed E-state index contributed by atoms with van der Waals surface area (Å²) < 4.78 is 18.1. The van der Waals surface area contributed by atoms with Crippen molar-refractivity contribution in [3.05, 3.63) is 52.3 Å². The van der Waals surface area contributed by atoms with E-state index in [0.717, 1.165) is 16.7 Å². The summed E-state index contributed by atoms with van der Waals surface area (Å²) in [6.45, 7) is 2.03. The summed E-state index contributed by atoms with van der Waals surface area (Å²) in [5.74, 6) is 2.08. The predicted octanol–water partition coefficient (Wildman–Crippen LogP) is 3.82. The van der Waals surface area contributed by atoms with Gasteiger partial charge >= 0.3 is 0 Å². The first kappa shape index (κ1) is 18.7. The van der Waals surface area contributed by atoms with E-state index in [1.807, 2.05) is 31.2 Å². The number of ether oxygens (including phenoxy) is 3. The van der Waals surface area contributed by atoms with Gasteiger partial charge in [0, 0.05) is 5.56 Å². The zero-order valence-corrected chi connectivity index (χ0v) is 16.3. The third-order valence-corrected chi connectivity index (χ3v) is 4.20. The molecule has 3 aromatic rings. The fourth-order valence-electron chi connectivity index (χ4n) is 2.67. The first-order valence-electron chi connectivity index (χ1n) is 8.16. The Morgan fingerprint density at radius 1 is 1.07 bits per heavy atom. The second-order valence-corrected chi connectivity index (χ2v) is 6.12. The first-order valence-corrected chi connectivity index (χ1v) is 8.57. The van der Waals surface area contributed by atoms with Crippen LogP contribution in [0.2, 0.25) is 0 Å². The Morgan fingerprint density at radius 2 is 1.78 bits per heavy atom. The van der Waals surface area contributed by atoms with Crippen LogP contribution in [-0.2, 0) is 0 Å². The van der Waals surface area contributed by atoms with E-state index in [4.69, 9.17) is 26.4 Å². The fraction of sp³-hybridized carbons (Fsp3) is 0.211. The Balaban J connectivity index is 2.08. The Kier molecular flexibility index (Phi) is 5.56. The van der Waals surface area contributed by atoms with E-state index in [9.17, 15) is 0 Å². The molecule has 1 aromatic heterocycles. The minimum Gasteiger partial charge on any atom is -0.493 e. The van der Waals surface area contributed by atoms with Gasteiger partial charge in [0.15, 0.2) is 17.3 Å². The number of H-pyrrole nitrogens is 1. The van der Waals surface area contributed by atoms with Crippen LogP contribution >= 0.6 is 12.2 Å². The monoisotopic (exact) mass is 384 g/mol. The van der Waals surface area contributed by atoms with Gasteiger partial charge < -0.3 is 14.2 Å². The normalized spacial score (nSPS) is 11.0. The maximum Gasteiger partial charge on any atom is 0.216 e. The van der Waals surface area contributed by atoms with Crippen molar-refractivity contribution in [2.45, 2.75) is 6.92 Å². The standard InChI is InChI=1S/C19H20N4O3S/c1-12-6-5-7-13(8-12)11-20-23-18(21-22-19(23)27)14-9-15(24-2)17(26-4)16(10-14)25-3/h5-11H,1-4H3,(H,22,27)/b20-11-. The summed E-state index contributed by atoms with van der Waals surface area (Å²) in [7, 11) is 4.68. The number of hydrogen-bond acceptors (Lipinski definition) is 6. The molecular formula is C19H20N4O3S. The van der Waals surface area contributed by atoms with Gasteiger partial charge in [-0.15, -0.1) is 0 Å². The summed E-state index contributed by atoms with van der Waals surface area (Å²) in [6.07, 6.45) is 1.74. The van der Waals surface area contributed by atoms with Gasteiger partial charge in [-0.3, -0.25) is 0 Å². The number of aromatic nitrogens is 3. The molecule has 0 unspecified atom stereocenters. The van der Waals surface area contributed by atoms with Crippen LogP contribution in [0.5, 0.6) is 17.2 Å². The Hall–Kier alpha value is -3.13. The Bertz CT molecular complexity index is 1010. The zero-order chi connectivity index (χ0) is 19.4. The molecule has 0 bridgehead atoms. The number of methoxy groups -OCH3 is 3. The molecule has 0 saturated carbocycles. The highest BCUT2D eigenvalue weighted by atomic mass is 32.1.